The van der Waals surface area contributed by atoms with Crippen molar-refractivity contribution in [1.82, 2.24) is 10.3 Å². The summed E-state index contributed by atoms with van der Waals surface area (Å²) in [5.41, 5.74) is 2.10. The summed E-state index contributed by atoms with van der Waals surface area (Å²) in [5, 5.41) is 2.55. The molecule has 0 aromatic carbocycles. The van der Waals surface area contributed by atoms with Crippen LogP contribution < -0.4 is 5.43 Å². The van der Waals surface area contributed by atoms with Gasteiger partial charge in [0.2, 0.25) is 0 Å². The van der Waals surface area contributed by atoms with Crippen molar-refractivity contribution in [1.29, 1.82) is 0 Å². The molecule has 2 aliphatic carbocycles. The predicted molar refractivity (Wildman–Crippen MR) is 69.9 cm³/mol. The highest BCUT2D eigenvalue weighted by Crippen LogP contribution is 2.30. The van der Waals surface area contributed by atoms with Gasteiger partial charge in [0.1, 0.15) is 0 Å². The fourth-order valence-corrected chi connectivity index (χ4v) is 3.44. The molecule has 0 aromatic heterocycles. The summed E-state index contributed by atoms with van der Waals surface area (Å²) in [7, 11) is 0. The number of rotatable bonds is 3. The summed E-state index contributed by atoms with van der Waals surface area (Å²) in [6, 6.07) is 0.330. The lowest BCUT2D eigenvalue weighted by molar-refractivity contribution is 0.105. The molecule has 5 heteroatoms. The van der Waals surface area contributed by atoms with Crippen LogP contribution in [0.15, 0.2) is 5.29 Å². The van der Waals surface area contributed by atoms with Crippen LogP contribution >= 0.6 is 0 Å². The zero-order chi connectivity index (χ0) is 12.8. The molecule has 0 aromatic rings. The van der Waals surface area contributed by atoms with Gasteiger partial charge >= 0.3 is 6.03 Å². The van der Waals surface area contributed by atoms with Gasteiger partial charge < -0.3 is 4.90 Å². The predicted octanol–water partition coefficient (Wildman–Crippen LogP) is 3.34. The number of hydrogen-bond acceptors (Lipinski definition) is 3. The minimum absolute atomic E-state index is 0.288. The lowest BCUT2D eigenvalue weighted by atomic mass is 9.89. The minimum atomic E-state index is -0.288. The molecule has 2 fully saturated rings. The molecule has 0 spiro atoms. The molecule has 0 aliphatic heterocycles. The third kappa shape index (κ3) is 3.21. The molecule has 2 aliphatic rings. The first-order valence-electron chi connectivity index (χ1n) is 7.23. The van der Waals surface area contributed by atoms with Gasteiger partial charge in [0, 0.05) is 12.1 Å². The van der Waals surface area contributed by atoms with Gasteiger partial charge in [-0.3, -0.25) is 0 Å². The van der Waals surface area contributed by atoms with Crippen molar-refractivity contribution in [2.75, 3.05) is 0 Å². The molecule has 0 heterocycles. The highest BCUT2D eigenvalue weighted by Gasteiger charge is 2.32. The maximum absolute atomic E-state index is 12.1. The van der Waals surface area contributed by atoms with E-state index >= 15 is 0 Å². The molecule has 2 rings (SSSR count). The van der Waals surface area contributed by atoms with Crippen LogP contribution in [-0.2, 0) is 0 Å². The largest absolute Gasteiger partial charge is 0.340 e. The van der Waals surface area contributed by atoms with Crippen LogP contribution in [0.2, 0.25) is 0 Å². The van der Waals surface area contributed by atoms with E-state index in [1.165, 1.54) is 38.5 Å². The molecule has 0 atom stereocenters. The van der Waals surface area contributed by atoms with Crippen molar-refractivity contribution >= 4 is 6.03 Å². The van der Waals surface area contributed by atoms with E-state index in [9.17, 15) is 9.70 Å². The van der Waals surface area contributed by atoms with E-state index in [1.54, 1.807) is 0 Å². The summed E-state index contributed by atoms with van der Waals surface area (Å²) in [5.74, 6) is 0. The van der Waals surface area contributed by atoms with E-state index in [0.717, 1.165) is 25.7 Å². The van der Waals surface area contributed by atoms with Crippen molar-refractivity contribution in [2.24, 2.45) is 5.29 Å². The van der Waals surface area contributed by atoms with Gasteiger partial charge in [0.05, 0.1) is 5.29 Å². The SMILES string of the molecule is O=NNC(=O)N(C1CCCCC1)C1CCCCC1. The first kappa shape index (κ1) is 13.3. The van der Waals surface area contributed by atoms with Gasteiger partial charge in [0.15, 0.2) is 0 Å². The van der Waals surface area contributed by atoms with Gasteiger partial charge in [-0.05, 0) is 25.7 Å². The summed E-state index contributed by atoms with van der Waals surface area (Å²) in [4.78, 5) is 24.3. The Labute approximate surface area is 108 Å². The zero-order valence-corrected chi connectivity index (χ0v) is 10.9. The first-order valence-corrected chi connectivity index (χ1v) is 7.23. The second-order valence-electron chi connectivity index (χ2n) is 5.50. The highest BCUT2D eigenvalue weighted by atomic mass is 16.3. The molecular formula is C13H23N3O2. The molecule has 102 valence electrons. The maximum Gasteiger partial charge on any atom is 0.340 e. The number of carbonyl (C=O) groups is 1. The van der Waals surface area contributed by atoms with E-state index in [-0.39, 0.29) is 6.03 Å². The van der Waals surface area contributed by atoms with Crippen molar-refractivity contribution in [3.8, 4) is 0 Å². The Morgan fingerprint density at radius 1 is 0.889 bits per heavy atom. The maximum atomic E-state index is 12.1. The molecular weight excluding hydrogens is 230 g/mol. The van der Waals surface area contributed by atoms with Gasteiger partial charge in [-0.2, -0.15) is 5.43 Å². The van der Waals surface area contributed by atoms with Gasteiger partial charge in [0.25, 0.3) is 0 Å². The smallest absolute Gasteiger partial charge is 0.317 e. The fourth-order valence-electron chi connectivity index (χ4n) is 3.44. The second-order valence-corrected chi connectivity index (χ2v) is 5.50. The van der Waals surface area contributed by atoms with E-state index in [2.05, 4.69) is 10.7 Å². The van der Waals surface area contributed by atoms with Crippen LogP contribution in [0.25, 0.3) is 0 Å². The lowest BCUT2D eigenvalue weighted by Gasteiger charge is -2.40. The Kier molecular flexibility index (Phi) is 4.96. The molecule has 2 amide bonds. The summed E-state index contributed by atoms with van der Waals surface area (Å²) >= 11 is 0. The highest BCUT2D eigenvalue weighted by molar-refractivity contribution is 5.74. The number of nitrogens with one attached hydrogen (secondary N) is 1. The number of nitrogens with zero attached hydrogens (tertiary/aromatic N) is 2. The van der Waals surface area contributed by atoms with E-state index in [0.29, 0.717) is 12.1 Å². The summed E-state index contributed by atoms with van der Waals surface area (Å²) < 4.78 is 0. The van der Waals surface area contributed by atoms with Crippen LogP contribution in [0.1, 0.15) is 64.2 Å². The number of amides is 2. The molecule has 0 radical (unpaired) electrons. The van der Waals surface area contributed by atoms with Gasteiger partial charge in [-0.15, -0.1) is 4.91 Å². The van der Waals surface area contributed by atoms with Crippen LogP contribution in [-0.4, -0.2) is 23.0 Å². The lowest BCUT2D eigenvalue weighted by Crippen LogP contribution is -2.51. The number of urea groups is 1. The van der Waals surface area contributed by atoms with Gasteiger partial charge in [-0.1, -0.05) is 38.5 Å². The molecule has 5 nitrogen and oxygen atoms in total. The van der Waals surface area contributed by atoms with E-state index in [1.807, 2.05) is 4.90 Å². The third-order valence-corrected chi connectivity index (χ3v) is 4.31. The second kappa shape index (κ2) is 6.71. The van der Waals surface area contributed by atoms with Crippen LogP contribution in [0, 0.1) is 4.91 Å². The number of carbonyl (C=O) groups excluding carboxylic acids is 1. The Hall–Kier alpha value is -1.13. The standard InChI is InChI=1S/C13H23N3O2/c17-13(14-15-18)16(11-7-3-1-4-8-11)12-9-5-2-6-10-12/h11-12H,1-10H2,(H,14,17,18). The molecule has 0 unspecified atom stereocenters. The third-order valence-electron chi connectivity index (χ3n) is 4.31. The number of hydrogen-bond donors (Lipinski definition) is 1. The Balaban J connectivity index is 2.04. The molecule has 2 saturated carbocycles. The Morgan fingerprint density at radius 2 is 1.33 bits per heavy atom. The van der Waals surface area contributed by atoms with Crippen LogP contribution in [0.4, 0.5) is 4.79 Å². The Morgan fingerprint density at radius 3 is 1.72 bits per heavy atom. The number of nitroso groups, excluding NO2 is 1. The fraction of sp³-hybridized carbons (Fsp3) is 0.923. The molecule has 1 N–H and O–H groups in total. The van der Waals surface area contributed by atoms with Crippen molar-refractivity contribution < 1.29 is 4.79 Å². The topological polar surface area (TPSA) is 61.8 Å². The molecule has 18 heavy (non-hydrogen) atoms. The van der Waals surface area contributed by atoms with Crippen LogP contribution in [0.5, 0.6) is 0 Å². The van der Waals surface area contributed by atoms with Crippen molar-refractivity contribution in [3.63, 3.8) is 0 Å². The summed E-state index contributed by atoms with van der Waals surface area (Å²) in [6.07, 6.45) is 11.6. The summed E-state index contributed by atoms with van der Waals surface area (Å²) in [6.45, 7) is 0. The van der Waals surface area contributed by atoms with Crippen molar-refractivity contribution in [3.05, 3.63) is 4.91 Å². The average molecular weight is 253 g/mol. The average Bonchev–Trinajstić information content (AvgIpc) is 2.42. The monoisotopic (exact) mass is 253 g/mol. The minimum Gasteiger partial charge on any atom is -0.317 e. The van der Waals surface area contributed by atoms with E-state index < -0.39 is 0 Å². The Bertz CT molecular complexity index is 266. The molecule has 0 saturated heterocycles. The normalized spacial score (nSPS) is 22.4. The van der Waals surface area contributed by atoms with E-state index in [4.69, 9.17) is 0 Å². The first-order chi connectivity index (χ1) is 8.83. The zero-order valence-electron chi connectivity index (χ0n) is 10.9. The van der Waals surface area contributed by atoms with Crippen molar-refractivity contribution in [2.45, 2.75) is 76.3 Å². The molecule has 0 bridgehead atoms. The van der Waals surface area contributed by atoms with Gasteiger partial charge in [-0.25, -0.2) is 4.79 Å². The quantitative estimate of drug-likeness (QED) is 0.619. The van der Waals surface area contributed by atoms with Crippen LogP contribution in [0.3, 0.4) is 0 Å².